The van der Waals surface area contributed by atoms with Gasteiger partial charge in [-0.05, 0) is 63.4 Å². The summed E-state index contributed by atoms with van der Waals surface area (Å²) >= 11 is 6.21. The maximum atomic E-state index is 13.2. The Morgan fingerprint density at radius 2 is 1.83 bits per heavy atom. The van der Waals surface area contributed by atoms with Gasteiger partial charge in [0.05, 0.1) is 16.1 Å². The van der Waals surface area contributed by atoms with E-state index in [-0.39, 0.29) is 34.8 Å². The Hall–Kier alpha value is -3.61. The van der Waals surface area contributed by atoms with Crippen LogP contribution in [-0.2, 0) is 11.2 Å². The standard InChI is InChI=1S/C36H51ClN6O3/c1-8-9-18-40-31(44)21-25(2)43(7)20-19-39-17-11-10-12-28-15-13-27(24-41-28)32(45)42-33-35(3,4)34(36(33,5)6)46-29-16-14-26(23-38)30(37)22-29/h13-16,21-22,24,33-34,39H,8-12,17-20H2,1-7H3,(H,40,44)(H,42,45)/b25-21+/t33-,34-. The number of carbonyl (C=O) groups excluding carboxylic acids is 2. The second-order valence-corrected chi connectivity index (χ2v) is 13.8. The molecule has 10 heteroatoms. The maximum Gasteiger partial charge on any atom is 0.253 e. The van der Waals surface area contributed by atoms with E-state index in [4.69, 9.17) is 21.6 Å². The molecule has 0 radical (unpaired) electrons. The van der Waals surface area contributed by atoms with E-state index in [9.17, 15) is 9.59 Å². The molecule has 1 aromatic heterocycles. The first-order valence-corrected chi connectivity index (χ1v) is 16.7. The van der Waals surface area contributed by atoms with Crippen LogP contribution in [0.4, 0.5) is 0 Å². The minimum atomic E-state index is -0.337. The van der Waals surface area contributed by atoms with Crippen LogP contribution >= 0.6 is 11.6 Å². The minimum Gasteiger partial charge on any atom is -0.489 e. The van der Waals surface area contributed by atoms with Crippen LogP contribution in [0.1, 0.15) is 88.8 Å². The highest BCUT2D eigenvalue weighted by Crippen LogP contribution is 2.55. The first-order valence-electron chi connectivity index (χ1n) is 16.3. The molecule has 1 heterocycles. The molecule has 46 heavy (non-hydrogen) atoms. The molecule has 2 amide bonds. The molecule has 1 saturated carbocycles. The number of benzene rings is 1. The number of hydrogen-bond acceptors (Lipinski definition) is 7. The van der Waals surface area contributed by atoms with Crippen LogP contribution in [0.25, 0.3) is 0 Å². The second-order valence-electron chi connectivity index (χ2n) is 13.4. The van der Waals surface area contributed by atoms with Crippen LogP contribution in [0, 0.1) is 22.2 Å². The predicted octanol–water partition coefficient (Wildman–Crippen LogP) is 5.88. The van der Waals surface area contributed by atoms with Gasteiger partial charge in [-0.15, -0.1) is 0 Å². The number of aryl methyl sites for hydroxylation is 1. The lowest BCUT2D eigenvalue weighted by Gasteiger charge is -2.63. The van der Waals surface area contributed by atoms with Crippen molar-refractivity contribution in [3.63, 3.8) is 0 Å². The SMILES string of the molecule is CCCCNC(=O)/C=C(\C)N(C)CCNCCCCc1ccc(C(=O)N[C@H]2C(C)(C)[C@H](Oc3ccc(C#N)c(Cl)c3)C2(C)C)cn1. The summed E-state index contributed by atoms with van der Waals surface area (Å²) in [7, 11) is 2.00. The molecule has 0 spiro atoms. The summed E-state index contributed by atoms with van der Waals surface area (Å²) < 4.78 is 6.33. The highest BCUT2D eigenvalue weighted by Gasteiger charge is 2.64. The van der Waals surface area contributed by atoms with Crippen LogP contribution in [0.15, 0.2) is 48.3 Å². The van der Waals surface area contributed by atoms with Gasteiger partial charge in [0.25, 0.3) is 5.91 Å². The summed E-state index contributed by atoms with van der Waals surface area (Å²) in [4.78, 5) is 31.8. The van der Waals surface area contributed by atoms with Crippen LogP contribution in [-0.4, -0.2) is 67.1 Å². The lowest BCUT2D eigenvalue weighted by atomic mass is 9.49. The number of amides is 2. The molecular formula is C36H51ClN6O3. The van der Waals surface area contributed by atoms with Gasteiger partial charge in [-0.3, -0.25) is 14.6 Å². The van der Waals surface area contributed by atoms with E-state index < -0.39 is 0 Å². The van der Waals surface area contributed by atoms with Gasteiger partial charge >= 0.3 is 0 Å². The number of carbonyl (C=O) groups is 2. The Labute approximate surface area is 280 Å². The molecule has 1 aliphatic carbocycles. The molecule has 9 nitrogen and oxygen atoms in total. The van der Waals surface area contributed by atoms with Gasteiger partial charge in [-0.1, -0.05) is 52.6 Å². The number of nitrogens with one attached hydrogen (secondary N) is 3. The molecule has 2 aromatic rings. The largest absolute Gasteiger partial charge is 0.489 e. The number of hydrogen-bond donors (Lipinski definition) is 3. The number of pyridine rings is 1. The smallest absolute Gasteiger partial charge is 0.253 e. The third-order valence-electron chi connectivity index (χ3n) is 8.95. The van der Waals surface area contributed by atoms with Gasteiger partial charge in [0.15, 0.2) is 0 Å². The Bertz CT molecular complexity index is 1380. The third-order valence-corrected chi connectivity index (χ3v) is 9.26. The average molecular weight is 651 g/mol. The van der Waals surface area contributed by atoms with E-state index in [2.05, 4.69) is 66.5 Å². The summed E-state index contributed by atoms with van der Waals surface area (Å²) in [5.41, 5.74) is 2.18. The molecule has 0 atom stereocenters. The van der Waals surface area contributed by atoms with Crippen molar-refractivity contribution < 1.29 is 14.3 Å². The molecule has 0 aliphatic heterocycles. The fourth-order valence-corrected chi connectivity index (χ4v) is 6.57. The number of aromatic nitrogens is 1. The summed E-state index contributed by atoms with van der Waals surface area (Å²) in [5, 5.41) is 19.1. The average Bonchev–Trinajstić information content (AvgIpc) is 3.02. The number of halogens is 1. The van der Waals surface area contributed by atoms with Gasteiger partial charge in [0.1, 0.15) is 17.9 Å². The van der Waals surface area contributed by atoms with Crippen LogP contribution in [0.2, 0.25) is 5.02 Å². The normalized spacial score (nSPS) is 18.2. The number of nitriles is 1. The second kappa shape index (κ2) is 16.8. The number of ether oxygens (including phenoxy) is 1. The van der Waals surface area contributed by atoms with Crippen LogP contribution in [0.5, 0.6) is 5.75 Å². The zero-order valence-electron chi connectivity index (χ0n) is 28.5. The van der Waals surface area contributed by atoms with E-state index in [1.165, 1.54) is 0 Å². The van der Waals surface area contributed by atoms with Gasteiger partial charge in [-0.2, -0.15) is 5.26 Å². The molecule has 1 aliphatic rings. The molecule has 0 saturated heterocycles. The Morgan fingerprint density at radius 3 is 2.46 bits per heavy atom. The van der Waals surface area contributed by atoms with Crippen molar-refractivity contribution in [2.45, 2.75) is 85.8 Å². The zero-order chi connectivity index (χ0) is 33.9. The highest BCUT2D eigenvalue weighted by atomic mass is 35.5. The fourth-order valence-electron chi connectivity index (χ4n) is 6.36. The van der Waals surface area contributed by atoms with Crippen molar-refractivity contribution in [3.05, 3.63) is 70.1 Å². The van der Waals surface area contributed by atoms with Crippen molar-refractivity contribution in [1.29, 1.82) is 5.26 Å². The van der Waals surface area contributed by atoms with E-state index >= 15 is 0 Å². The summed E-state index contributed by atoms with van der Waals surface area (Å²) in [6.07, 6.45) is 8.07. The maximum absolute atomic E-state index is 13.2. The number of rotatable bonds is 17. The number of allylic oxidation sites excluding steroid dienone is 1. The Balaban J connectivity index is 1.38. The minimum absolute atomic E-state index is 0.0358. The lowest BCUT2D eigenvalue weighted by Crippen LogP contribution is -2.74. The van der Waals surface area contributed by atoms with Crippen LogP contribution < -0.4 is 20.7 Å². The van der Waals surface area contributed by atoms with Gasteiger partial charge in [0.2, 0.25) is 5.91 Å². The zero-order valence-corrected chi connectivity index (χ0v) is 29.3. The molecule has 1 fully saturated rings. The third kappa shape index (κ3) is 9.70. The summed E-state index contributed by atoms with van der Waals surface area (Å²) in [6.45, 7) is 15.7. The van der Waals surface area contributed by atoms with Gasteiger partial charge in [0, 0.05) is 73.3 Å². The van der Waals surface area contributed by atoms with E-state index in [1.54, 1.807) is 30.5 Å². The number of nitrogens with zero attached hydrogens (tertiary/aromatic N) is 3. The number of likely N-dealkylation sites (N-methyl/N-ethyl adjacent to an activating group) is 1. The van der Waals surface area contributed by atoms with Gasteiger partial charge in [-0.25, -0.2) is 0 Å². The summed E-state index contributed by atoms with van der Waals surface area (Å²) in [5.74, 6) is 0.416. The van der Waals surface area contributed by atoms with E-state index in [0.717, 1.165) is 63.1 Å². The molecule has 250 valence electrons. The quantitative estimate of drug-likeness (QED) is 0.144. The molecule has 1 aromatic carbocycles. The van der Waals surface area contributed by atoms with Gasteiger partial charge < -0.3 is 25.6 Å². The fraction of sp³-hybridized carbons (Fsp3) is 0.556. The van der Waals surface area contributed by atoms with E-state index in [0.29, 0.717) is 28.4 Å². The monoisotopic (exact) mass is 650 g/mol. The summed E-state index contributed by atoms with van der Waals surface area (Å²) in [6, 6.07) is 10.8. The van der Waals surface area contributed by atoms with Crippen molar-refractivity contribution in [2.24, 2.45) is 10.8 Å². The predicted molar refractivity (Wildman–Crippen MR) is 184 cm³/mol. The highest BCUT2D eigenvalue weighted by molar-refractivity contribution is 6.31. The first-order chi connectivity index (χ1) is 21.8. The molecule has 3 rings (SSSR count). The van der Waals surface area contributed by atoms with Crippen molar-refractivity contribution >= 4 is 23.4 Å². The molecule has 0 bridgehead atoms. The van der Waals surface area contributed by atoms with Crippen molar-refractivity contribution in [2.75, 3.05) is 33.2 Å². The first kappa shape index (κ1) is 36.9. The van der Waals surface area contributed by atoms with E-state index in [1.807, 2.05) is 26.1 Å². The Morgan fingerprint density at radius 1 is 1.09 bits per heavy atom. The number of unbranched alkanes of at least 4 members (excludes halogenated alkanes) is 2. The molecule has 3 N–H and O–H groups in total. The van der Waals surface area contributed by atoms with Crippen molar-refractivity contribution in [1.82, 2.24) is 25.8 Å². The lowest BCUT2D eigenvalue weighted by molar-refractivity contribution is -0.164. The van der Waals surface area contributed by atoms with Crippen molar-refractivity contribution in [3.8, 4) is 11.8 Å². The van der Waals surface area contributed by atoms with Crippen LogP contribution in [0.3, 0.4) is 0 Å². The Kier molecular flexibility index (Phi) is 13.5. The topological polar surface area (TPSA) is 119 Å². The molecular weight excluding hydrogens is 600 g/mol. The molecule has 0 unspecified atom stereocenters.